The van der Waals surface area contributed by atoms with Crippen molar-refractivity contribution in [3.63, 3.8) is 0 Å². The van der Waals surface area contributed by atoms with E-state index in [-0.39, 0.29) is 0 Å². The number of hydrogen-bond donors (Lipinski definition) is 1. The summed E-state index contributed by atoms with van der Waals surface area (Å²) in [6.07, 6.45) is 9.83. The van der Waals surface area contributed by atoms with E-state index in [0.717, 1.165) is 6.04 Å². The molecule has 15 heavy (non-hydrogen) atoms. The Bertz CT molecular complexity index is 147. The molecule has 1 heterocycles. The van der Waals surface area contributed by atoms with Gasteiger partial charge >= 0.3 is 0 Å². The van der Waals surface area contributed by atoms with Gasteiger partial charge in [0, 0.05) is 12.6 Å². The first-order valence-corrected chi connectivity index (χ1v) is 6.77. The molecule has 0 aromatic carbocycles. The summed E-state index contributed by atoms with van der Waals surface area (Å²) in [5.74, 6) is 0. The number of nitrogens with zero attached hydrogens (tertiary/aromatic N) is 1. The molecule has 1 rings (SSSR count). The molecule has 1 saturated heterocycles. The first-order chi connectivity index (χ1) is 7.38. The Hall–Kier alpha value is -0.0800. The van der Waals surface area contributed by atoms with E-state index < -0.39 is 0 Å². The van der Waals surface area contributed by atoms with Crippen molar-refractivity contribution in [2.24, 2.45) is 0 Å². The first kappa shape index (κ1) is 13.0. The summed E-state index contributed by atoms with van der Waals surface area (Å²) in [4.78, 5) is 2.68. The number of hydrogen-bond acceptors (Lipinski definition) is 2. The minimum Gasteiger partial charge on any atom is -0.318 e. The highest BCUT2D eigenvalue weighted by Crippen LogP contribution is 2.17. The second-order valence-electron chi connectivity index (χ2n) is 4.80. The zero-order valence-corrected chi connectivity index (χ0v) is 10.6. The third-order valence-corrected chi connectivity index (χ3v) is 3.49. The van der Waals surface area contributed by atoms with E-state index in [2.05, 4.69) is 24.2 Å². The molecule has 1 N–H and O–H groups in total. The monoisotopic (exact) mass is 212 g/mol. The summed E-state index contributed by atoms with van der Waals surface area (Å²) in [6.45, 7) is 6.12. The lowest BCUT2D eigenvalue weighted by Gasteiger charge is -2.24. The molecule has 1 aliphatic rings. The molecule has 1 aliphatic heterocycles. The zero-order valence-electron chi connectivity index (χ0n) is 10.6. The number of unbranched alkanes of at least 4 members (excludes halogenated alkanes) is 4. The van der Waals surface area contributed by atoms with Crippen LogP contribution in [-0.2, 0) is 0 Å². The van der Waals surface area contributed by atoms with Gasteiger partial charge in [0.1, 0.15) is 0 Å². The average Bonchev–Trinajstić information content (AvgIpc) is 2.66. The SMILES string of the molecule is CCCCCCCN1CCCC1CNC. The fraction of sp³-hybridized carbons (Fsp3) is 1.00. The van der Waals surface area contributed by atoms with E-state index in [0.29, 0.717) is 0 Å². The van der Waals surface area contributed by atoms with Crippen LogP contribution in [0.4, 0.5) is 0 Å². The highest BCUT2D eigenvalue weighted by molar-refractivity contribution is 4.80. The van der Waals surface area contributed by atoms with E-state index >= 15 is 0 Å². The molecule has 0 aliphatic carbocycles. The molecular weight excluding hydrogens is 184 g/mol. The van der Waals surface area contributed by atoms with Crippen LogP contribution in [-0.4, -0.2) is 37.6 Å². The van der Waals surface area contributed by atoms with Crippen molar-refractivity contribution < 1.29 is 0 Å². The molecule has 0 bridgehead atoms. The minimum atomic E-state index is 0.821. The van der Waals surface area contributed by atoms with Crippen LogP contribution in [0, 0.1) is 0 Å². The standard InChI is InChI=1S/C13H28N2/c1-3-4-5-6-7-10-15-11-8-9-13(15)12-14-2/h13-14H,3-12H2,1-2H3. The third-order valence-electron chi connectivity index (χ3n) is 3.49. The Balaban J connectivity index is 2.03. The van der Waals surface area contributed by atoms with Crippen molar-refractivity contribution in [1.82, 2.24) is 10.2 Å². The van der Waals surface area contributed by atoms with E-state index in [1.807, 2.05) is 0 Å². The number of nitrogens with one attached hydrogen (secondary N) is 1. The van der Waals surface area contributed by atoms with Gasteiger partial charge in [0.15, 0.2) is 0 Å². The Morgan fingerprint density at radius 1 is 1.20 bits per heavy atom. The Kier molecular flexibility index (Phi) is 7.03. The summed E-state index contributed by atoms with van der Waals surface area (Å²) in [6, 6.07) is 0.821. The van der Waals surface area contributed by atoms with Crippen LogP contribution in [0.5, 0.6) is 0 Å². The van der Waals surface area contributed by atoms with Crippen molar-refractivity contribution in [1.29, 1.82) is 0 Å². The predicted molar refractivity (Wildman–Crippen MR) is 67.3 cm³/mol. The molecule has 2 heteroatoms. The maximum Gasteiger partial charge on any atom is 0.0220 e. The van der Waals surface area contributed by atoms with Gasteiger partial charge in [0.25, 0.3) is 0 Å². The van der Waals surface area contributed by atoms with Gasteiger partial charge < -0.3 is 5.32 Å². The summed E-state index contributed by atoms with van der Waals surface area (Å²) < 4.78 is 0. The Morgan fingerprint density at radius 3 is 2.73 bits per heavy atom. The maximum absolute atomic E-state index is 3.31. The molecule has 0 aromatic rings. The van der Waals surface area contributed by atoms with Crippen LogP contribution in [0.1, 0.15) is 51.9 Å². The first-order valence-electron chi connectivity index (χ1n) is 6.77. The molecule has 1 atom stereocenters. The van der Waals surface area contributed by atoms with Gasteiger partial charge in [0.05, 0.1) is 0 Å². The van der Waals surface area contributed by atoms with E-state index in [1.54, 1.807) is 0 Å². The maximum atomic E-state index is 3.31. The number of likely N-dealkylation sites (tertiary alicyclic amines) is 1. The van der Waals surface area contributed by atoms with Crippen LogP contribution >= 0.6 is 0 Å². The third kappa shape index (κ3) is 4.98. The summed E-state index contributed by atoms with van der Waals surface area (Å²) in [5, 5.41) is 3.31. The summed E-state index contributed by atoms with van der Waals surface area (Å²) in [7, 11) is 2.07. The average molecular weight is 212 g/mol. The molecule has 1 unspecified atom stereocenters. The zero-order chi connectivity index (χ0) is 10.9. The lowest BCUT2D eigenvalue weighted by atomic mass is 10.1. The molecule has 0 spiro atoms. The van der Waals surface area contributed by atoms with Crippen LogP contribution in [0.3, 0.4) is 0 Å². The molecule has 2 nitrogen and oxygen atoms in total. The van der Waals surface area contributed by atoms with Gasteiger partial charge in [0.2, 0.25) is 0 Å². The summed E-state index contributed by atoms with van der Waals surface area (Å²) >= 11 is 0. The van der Waals surface area contributed by atoms with Gasteiger partial charge in [-0.25, -0.2) is 0 Å². The normalized spacial score (nSPS) is 22.4. The smallest absolute Gasteiger partial charge is 0.0220 e. The van der Waals surface area contributed by atoms with Crippen molar-refractivity contribution in [3.05, 3.63) is 0 Å². The van der Waals surface area contributed by atoms with E-state index in [9.17, 15) is 0 Å². The van der Waals surface area contributed by atoms with Crippen LogP contribution in [0.25, 0.3) is 0 Å². The van der Waals surface area contributed by atoms with Crippen molar-refractivity contribution >= 4 is 0 Å². The van der Waals surface area contributed by atoms with Gasteiger partial charge in [-0.15, -0.1) is 0 Å². The van der Waals surface area contributed by atoms with Gasteiger partial charge in [-0.3, -0.25) is 4.90 Å². The van der Waals surface area contributed by atoms with Crippen LogP contribution in [0.15, 0.2) is 0 Å². The largest absolute Gasteiger partial charge is 0.318 e. The molecule has 0 aromatic heterocycles. The summed E-state index contributed by atoms with van der Waals surface area (Å²) in [5.41, 5.74) is 0. The topological polar surface area (TPSA) is 15.3 Å². The minimum absolute atomic E-state index is 0.821. The van der Waals surface area contributed by atoms with Crippen LogP contribution in [0.2, 0.25) is 0 Å². The second-order valence-corrected chi connectivity index (χ2v) is 4.80. The van der Waals surface area contributed by atoms with Gasteiger partial charge in [-0.05, 0) is 39.4 Å². The van der Waals surface area contributed by atoms with Crippen molar-refractivity contribution in [2.75, 3.05) is 26.7 Å². The second kappa shape index (κ2) is 8.12. The fourth-order valence-electron chi connectivity index (χ4n) is 2.57. The molecule has 0 amide bonds. The fourth-order valence-corrected chi connectivity index (χ4v) is 2.57. The Morgan fingerprint density at radius 2 is 2.00 bits per heavy atom. The highest BCUT2D eigenvalue weighted by atomic mass is 15.2. The van der Waals surface area contributed by atoms with E-state index in [1.165, 1.54) is 64.6 Å². The Labute approximate surface area is 95.4 Å². The van der Waals surface area contributed by atoms with Gasteiger partial charge in [-0.1, -0.05) is 32.6 Å². The molecule has 0 saturated carbocycles. The lowest BCUT2D eigenvalue weighted by Crippen LogP contribution is -2.37. The predicted octanol–water partition coefficient (Wildman–Crippen LogP) is 2.64. The van der Waals surface area contributed by atoms with Gasteiger partial charge in [-0.2, -0.15) is 0 Å². The number of rotatable bonds is 8. The number of likely N-dealkylation sites (N-methyl/N-ethyl adjacent to an activating group) is 1. The molecular formula is C13H28N2. The molecule has 1 fully saturated rings. The van der Waals surface area contributed by atoms with Crippen LogP contribution < -0.4 is 5.32 Å². The van der Waals surface area contributed by atoms with E-state index in [4.69, 9.17) is 0 Å². The quantitative estimate of drug-likeness (QED) is 0.622. The van der Waals surface area contributed by atoms with Crippen molar-refractivity contribution in [2.45, 2.75) is 57.9 Å². The molecule has 90 valence electrons. The van der Waals surface area contributed by atoms with Crippen molar-refractivity contribution in [3.8, 4) is 0 Å². The molecule has 0 radical (unpaired) electrons. The lowest BCUT2D eigenvalue weighted by molar-refractivity contribution is 0.245. The highest BCUT2D eigenvalue weighted by Gasteiger charge is 2.22.